The van der Waals surface area contributed by atoms with Crippen LogP contribution in [0.3, 0.4) is 0 Å². The lowest BCUT2D eigenvalue weighted by Gasteiger charge is -2.19. The van der Waals surface area contributed by atoms with Crippen molar-refractivity contribution >= 4 is 20.7 Å². The molecule has 6 nitrogen and oxygen atoms in total. The SMILES string of the molecule is COCc1cc(CS(=O)(=O)c2ccc(C(C)(C)C)cc2)n(-c2cccc3ncccc23)n1. The first-order valence-electron chi connectivity index (χ1n) is 10.4. The van der Waals surface area contributed by atoms with Gasteiger partial charge in [0.1, 0.15) is 0 Å². The lowest BCUT2D eigenvalue weighted by Crippen LogP contribution is -2.13. The van der Waals surface area contributed by atoms with Gasteiger partial charge >= 0.3 is 0 Å². The maximum absolute atomic E-state index is 13.3. The fourth-order valence-electron chi connectivity index (χ4n) is 3.72. The summed E-state index contributed by atoms with van der Waals surface area (Å²) in [4.78, 5) is 4.70. The van der Waals surface area contributed by atoms with Gasteiger partial charge in [-0.15, -0.1) is 0 Å². The number of hydrogen-bond acceptors (Lipinski definition) is 5. The standard InChI is InChI=1S/C25H27N3O3S/c1-25(2,3)18-10-12-21(13-11-18)32(29,30)17-20-15-19(16-31-4)27-28(20)24-9-5-8-23-22(24)7-6-14-26-23/h5-15H,16-17H2,1-4H3. The highest BCUT2D eigenvalue weighted by atomic mass is 32.2. The molecule has 7 heteroatoms. The van der Waals surface area contributed by atoms with E-state index in [9.17, 15) is 8.42 Å². The van der Waals surface area contributed by atoms with Crippen molar-refractivity contribution in [3.63, 3.8) is 0 Å². The third-order valence-corrected chi connectivity index (χ3v) is 7.06. The Morgan fingerprint density at radius 2 is 1.75 bits per heavy atom. The van der Waals surface area contributed by atoms with Crippen LogP contribution in [-0.4, -0.2) is 30.3 Å². The zero-order valence-electron chi connectivity index (χ0n) is 18.7. The van der Waals surface area contributed by atoms with Crippen LogP contribution in [0.25, 0.3) is 16.6 Å². The van der Waals surface area contributed by atoms with Crippen LogP contribution >= 0.6 is 0 Å². The van der Waals surface area contributed by atoms with E-state index in [0.29, 0.717) is 22.9 Å². The van der Waals surface area contributed by atoms with E-state index in [1.165, 1.54) is 0 Å². The molecule has 0 amide bonds. The number of rotatable bonds is 6. The van der Waals surface area contributed by atoms with E-state index in [2.05, 4.69) is 30.9 Å². The van der Waals surface area contributed by atoms with Gasteiger partial charge < -0.3 is 4.74 Å². The van der Waals surface area contributed by atoms with Gasteiger partial charge in [-0.2, -0.15) is 5.10 Å². The van der Waals surface area contributed by atoms with Crippen molar-refractivity contribution in [2.75, 3.05) is 7.11 Å². The summed E-state index contributed by atoms with van der Waals surface area (Å²) in [5, 5.41) is 5.54. The van der Waals surface area contributed by atoms with Gasteiger partial charge in [0.05, 0.1) is 39.8 Å². The van der Waals surface area contributed by atoms with Crippen molar-refractivity contribution in [2.45, 2.75) is 43.4 Å². The molecule has 2 heterocycles. The molecule has 0 bridgehead atoms. The van der Waals surface area contributed by atoms with Crippen LogP contribution in [0.5, 0.6) is 0 Å². The molecule has 32 heavy (non-hydrogen) atoms. The average Bonchev–Trinajstić information content (AvgIpc) is 3.14. The van der Waals surface area contributed by atoms with E-state index >= 15 is 0 Å². The summed E-state index contributed by atoms with van der Waals surface area (Å²) in [5.74, 6) is -0.171. The summed E-state index contributed by atoms with van der Waals surface area (Å²) in [5.41, 5.74) is 3.90. The molecule has 0 aliphatic rings. The summed E-state index contributed by atoms with van der Waals surface area (Å²) < 4.78 is 33.5. The Morgan fingerprint density at radius 3 is 2.44 bits per heavy atom. The highest BCUT2D eigenvalue weighted by Crippen LogP contribution is 2.27. The Kier molecular flexibility index (Phi) is 5.88. The molecule has 0 aliphatic carbocycles. The number of aromatic nitrogens is 3. The van der Waals surface area contributed by atoms with Gasteiger partial charge in [-0.1, -0.05) is 39.0 Å². The number of benzene rings is 2. The predicted octanol–water partition coefficient (Wildman–Crippen LogP) is 4.84. The summed E-state index contributed by atoms with van der Waals surface area (Å²) in [6.07, 6.45) is 1.73. The van der Waals surface area contributed by atoms with Crippen molar-refractivity contribution in [3.05, 3.63) is 83.8 Å². The van der Waals surface area contributed by atoms with E-state index < -0.39 is 9.84 Å². The summed E-state index contributed by atoms with van der Waals surface area (Å²) in [6, 6.07) is 18.5. The second kappa shape index (κ2) is 8.48. The lowest BCUT2D eigenvalue weighted by atomic mass is 9.87. The predicted molar refractivity (Wildman–Crippen MR) is 126 cm³/mol. The summed E-state index contributed by atoms with van der Waals surface area (Å²) >= 11 is 0. The molecule has 0 aliphatic heterocycles. The third kappa shape index (κ3) is 4.45. The maximum atomic E-state index is 13.3. The third-order valence-electron chi connectivity index (χ3n) is 5.39. The quantitative estimate of drug-likeness (QED) is 0.421. The van der Waals surface area contributed by atoms with Crippen LogP contribution in [0.4, 0.5) is 0 Å². The van der Waals surface area contributed by atoms with Crippen LogP contribution in [0.1, 0.15) is 37.7 Å². The average molecular weight is 450 g/mol. The Labute approximate surface area is 188 Å². The van der Waals surface area contributed by atoms with E-state index in [1.54, 1.807) is 36.2 Å². The van der Waals surface area contributed by atoms with Gasteiger partial charge in [-0.3, -0.25) is 4.98 Å². The molecule has 0 atom stereocenters. The first-order valence-corrected chi connectivity index (χ1v) is 12.1. The molecule has 0 spiro atoms. The van der Waals surface area contributed by atoms with Crippen molar-refractivity contribution in [1.82, 2.24) is 14.8 Å². The normalized spacial score (nSPS) is 12.4. The van der Waals surface area contributed by atoms with E-state index in [0.717, 1.165) is 22.2 Å². The monoisotopic (exact) mass is 449 g/mol. The highest BCUT2D eigenvalue weighted by Gasteiger charge is 2.22. The number of hydrogen-bond donors (Lipinski definition) is 0. The summed E-state index contributed by atoms with van der Waals surface area (Å²) in [6.45, 7) is 6.60. The first-order chi connectivity index (χ1) is 15.2. The van der Waals surface area contributed by atoms with Gasteiger partial charge in [0, 0.05) is 18.7 Å². The Balaban J connectivity index is 1.77. The zero-order valence-corrected chi connectivity index (χ0v) is 19.6. The lowest BCUT2D eigenvalue weighted by molar-refractivity contribution is 0.181. The van der Waals surface area contributed by atoms with Crippen LogP contribution in [0.2, 0.25) is 0 Å². The minimum atomic E-state index is -3.58. The molecule has 0 saturated heterocycles. The molecule has 0 saturated carbocycles. The smallest absolute Gasteiger partial charge is 0.184 e. The van der Waals surface area contributed by atoms with Gasteiger partial charge in [-0.05, 0) is 53.4 Å². The Morgan fingerprint density at radius 1 is 1.00 bits per heavy atom. The van der Waals surface area contributed by atoms with Gasteiger partial charge in [0.15, 0.2) is 9.84 Å². The van der Waals surface area contributed by atoms with Crippen molar-refractivity contribution in [2.24, 2.45) is 0 Å². The van der Waals surface area contributed by atoms with Crippen molar-refractivity contribution in [3.8, 4) is 5.69 Å². The molecule has 2 aromatic heterocycles. The highest BCUT2D eigenvalue weighted by molar-refractivity contribution is 7.90. The number of nitrogens with zero attached hydrogens (tertiary/aromatic N) is 3. The minimum Gasteiger partial charge on any atom is -0.378 e. The number of ether oxygens (including phenoxy) is 1. The largest absolute Gasteiger partial charge is 0.378 e. The maximum Gasteiger partial charge on any atom is 0.184 e. The van der Waals surface area contributed by atoms with Gasteiger partial charge in [0.2, 0.25) is 0 Å². The Bertz CT molecular complexity index is 1350. The summed E-state index contributed by atoms with van der Waals surface area (Å²) in [7, 11) is -1.99. The van der Waals surface area contributed by atoms with Crippen molar-refractivity contribution < 1.29 is 13.2 Å². The number of sulfone groups is 1. The number of pyridine rings is 1. The molecule has 0 unspecified atom stereocenters. The number of fused-ring (bicyclic) bond motifs is 1. The minimum absolute atomic E-state index is 0.0433. The molecule has 4 aromatic rings. The molecule has 0 N–H and O–H groups in total. The molecular formula is C25H27N3O3S. The van der Waals surface area contributed by atoms with Gasteiger partial charge in [-0.25, -0.2) is 13.1 Å². The molecular weight excluding hydrogens is 422 g/mol. The van der Waals surface area contributed by atoms with E-state index in [1.807, 2.05) is 42.5 Å². The molecule has 4 rings (SSSR count). The fraction of sp³-hybridized carbons (Fsp3) is 0.280. The molecule has 0 radical (unpaired) electrons. The second-order valence-corrected chi connectivity index (χ2v) is 10.8. The van der Waals surface area contributed by atoms with Crippen LogP contribution < -0.4 is 0 Å². The molecule has 0 fully saturated rings. The van der Waals surface area contributed by atoms with Crippen LogP contribution in [-0.2, 0) is 32.3 Å². The first kappa shape index (κ1) is 22.2. The molecule has 2 aromatic carbocycles. The Hall–Kier alpha value is -3.03. The molecule has 166 valence electrons. The van der Waals surface area contributed by atoms with Gasteiger partial charge in [0.25, 0.3) is 0 Å². The number of methoxy groups -OCH3 is 1. The van der Waals surface area contributed by atoms with E-state index in [-0.39, 0.29) is 11.2 Å². The zero-order chi connectivity index (χ0) is 22.9. The van der Waals surface area contributed by atoms with Crippen molar-refractivity contribution in [1.29, 1.82) is 0 Å². The topological polar surface area (TPSA) is 74.1 Å². The van der Waals surface area contributed by atoms with Crippen LogP contribution in [0.15, 0.2) is 71.8 Å². The van der Waals surface area contributed by atoms with E-state index in [4.69, 9.17) is 4.74 Å². The fourth-order valence-corrected chi connectivity index (χ4v) is 5.03. The van der Waals surface area contributed by atoms with Crippen LogP contribution in [0, 0.1) is 0 Å². The second-order valence-electron chi connectivity index (χ2n) is 8.85.